The second kappa shape index (κ2) is 5.07. The Morgan fingerprint density at radius 1 is 1.18 bits per heavy atom. The lowest BCUT2D eigenvalue weighted by Crippen LogP contribution is -2.30. The maximum Gasteiger partial charge on any atom is 0.304 e. The number of benzene rings is 1. The van der Waals surface area contributed by atoms with Crippen molar-refractivity contribution in [3.63, 3.8) is 0 Å². The Bertz CT molecular complexity index is 859. The van der Waals surface area contributed by atoms with Gasteiger partial charge in [0.2, 0.25) is 0 Å². The third kappa shape index (κ3) is 2.14. The van der Waals surface area contributed by atoms with Gasteiger partial charge in [-0.2, -0.15) is 0 Å². The van der Waals surface area contributed by atoms with Crippen molar-refractivity contribution in [3.8, 4) is 0 Å². The molecule has 0 bridgehead atoms. The van der Waals surface area contributed by atoms with Gasteiger partial charge in [0, 0.05) is 5.22 Å². The molecule has 3 rings (SSSR count). The van der Waals surface area contributed by atoms with Crippen LogP contribution in [-0.4, -0.2) is 27.1 Å². The highest BCUT2D eigenvalue weighted by atomic mass is 16.6. The number of ketones is 1. The number of ether oxygens (including phenoxy) is 1. The van der Waals surface area contributed by atoms with E-state index in [-0.39, 0.29) is 33.9 Å². The van der Waals surface area contributed by atoms with Crippen LogP contribution in [-0.2, 0) is 14.3 Å². The Morgan fingerprint density at radius 3 is 2.55 bits per heavy atom. The van der Waals surface area contributed by atoms with Crippen LogP contribution in [0, 0.1) is 5.92 Å². The second-order valence-corrected chi connectivity index (χ2v) is 4.97. The van der Waals surface area contributed by atoms with Gasteiger partial charge in [0.05, 0.1) is 17.6 Å². The Hall–Kier alpha value is -3.02. The van der Waals surface area contributed by atoms with Crippen LogP contribution in [0.4, 0.5) is 0 Å². The molecule has 0 spiro atoms. The summed E-state index contributed by atoms with van der Waals surface area (Å²) in [6, 6.07) is 6.38. The first-order chi connectivity index (χ1) is 10.5. The number of carboxylic acid groups (broad SMARTS) is 1. The predicted molar refractivity (Wildman–Crippen MR) is 75.8 cm³/mol. The summed E-state index contributed by atoms with van der Waals surface area (Å²) >= 11 is 0. The van der Waals surface area contributed by atoms with E-state index < -0.39 is 23.6 Å². The number of hydrogen-bond acceptors (Lipinski definition) is 5. The number of carbonyl (C=O) groups is 2. The molecule has 3 N–H and O–H groups in total. The van der Waals surface area contributed by atoms with E-state index in [2.05, 4.69) is 0 Å². The average Bonchev–Trinajstić information content (AvgIpc) is 2.59. The maximum atomic E-state index is 12.5. The number of aliphatic carboxylic acids is 1. The van der Waals surface area contributed by atoms with Crippen molar-refractivity contribution < 1.29 is 29.6 Å². The summed E-state index contributed by atoms with van der Waals surface area (Å²) < 4.78 is 5.25. The second-order valence-electron chi connectivity index (χ2n) is 4.97. The van der Waals surface area contributed by atoms with E-state index in [0.717, 1.165) is 0 Å². The van der Waals surface area contributed by atoms with E-state index >= 15 is 0 Å². The number of hydrogen-bond donors (Lipinski definition) is 3. The quantitative estimate of drug-likeness (QED) is 0.734. The molecular weight excluding hydrogens is 288 g/mol. The molecule has 1 aliphatic heterocycles. The monoisotopic (exact) mass is 300 g/mol. The Kier molecular flexibility index (Phi) is 3.21. The van der Waals surface area contributed by atoms with Crippen molar-refractivity contribution in [2.75, 3.05) is 0 Å². The molecule has 0 saturated heterocycles. The van der Waals surface area contributed by atoms with E-state index in [1.807, 2.05) is 0 Å². The zero-order chi connectivity index (χ0) is 15.9. The lowest BCUT2D eigenvalue weighted by atomic mass is 9.88. The predicted octanol–water partition coefficient (Wildman–Crippen LogP) is 0.491. The van der Waals surface area contributed by atoms with Gasteiger partial charge in [-0.05, 0) is 12.1 Å². The normalized spacial score (nSPS) is 20.2. The van der Waals surface area contributed by atoms with Gasteiger partial charge in [-0.25, -0.2) is 0 Å². The largest absolute Gasteiger partial charge is 0.506 e. The van der Waals surface area contributed by atoms with E-state index in [4.69, 9.17) is 9.84 Å². The van der Waals surface area contributed by atoms with E-state index in [1.165, 1.54) is 18.2 Å². The van der Waals surface area contributed by atoms with Gasteiger partial charge >= 0.3 is 5.97 Å². The first-order valence-corrected chi connectivity index (χ1v) is 6.57. The van der Waals surface area contributed by atoms with Gasteiger partial charge in [0.15, 0.2) is 5.78 Å². The van der Waals surface area contributed by atoms with Crippen molar-refractivity contribution in [3.05, 3.63) is 58.2 Å². The summed E-state index contributed by atoms with van der Waals surface area (Å²) in [5.74, 6) is -3.31. The standard InChI is InChI=1S/C16H12O6/c17-12(18)7-8-5-6-11-13(14(8)19)15(20)9-3-1-2-4-10(9)16(21)22-11/h1-6,8,20-21H,7H2,(H,17,18). The van der Waals surface area contributed by atoms with Gasteiger partial charge in [0.1, 0.15) is 17.1 Å². The summed E-state index contributed by atoms with van der Waals surface area (Å²) in [4.78, 5) is 23.3. The molecule has 0 amide bonds. The minimum atomic E-state index is -1.11. The summed E-state index contributed by atoms with van der Waals surface area (Å²) in [5.41, 5.74) is -0.120. The highest BCUT2D eigenvalue weighted by Gasteiger charge is 2.33. The zero-order valence-corrected chi connectivity index (χ0v) is 11.3. The topological polar surface area (TPSA) is 104 Å². The molecule has 0 fully saturated rings. The van der Waals surface area contributed by atoms with Crippen molar-refractivity contribution in [2.24, 2.45) is 5.92 Å². The molecule has 6 heteroatoms. The number of carbonyl (C=O) groups excluding carboxylic acids is 1. The van der Waals surface area contributed by atoms with Crippen molar-refractivity contribution in [1.29, 1.82) is 0 Å². The van der Waals surface area contributed by atoms with Crippen molar-refractivity contribution in [1.82, 2.24) is 0 Å². The summed E-state index contributed by atoms with van der Waals surface area (Å²) in [7, 11) is 0. The number of aliphatic hydroxyl groups is 2. The fourth-order valence-electron chi connectivity index (χ4n) is 2.52. The van der Waals surface area contributed by atoms with Crippen LogP contribution in [0.2, 0.25) is 0 Å². The number of carboxylic acids is 1. The van der Waals surface area contributed by atoms with E-state index in [0.29, 0.717) is 0 Å². The Balaban J connectivity index is 2.20. The van der Waals surface area contributed by atoms with Crippen LogP contribution in [0.15, 0.2) is 47.7 Å². The minimum absolute atomic E-state index is 0.00200. The summed E-state index contributed by atoms with van der Waals surface area (Å²) in [6.45, 7) is 0. The molecule has 1 aliphatic carbocycles. The fourth-order valence-corrected chi connectivity index (χ4v) is 2.52. The SMILES string of the molecule is O=C(O)CC1C=CC2=C(C1=O)C(O)=c1ccccc1=C(O)O2. The number of aliphatic hydroxyl groups excluding tert-OH is 2. The molecule has 112 valence electrons. The molecule has 1 heterocycles. The molecule has 2 aliphatic rings. The number of fused-ring (bicyclic) bond motifs is 1. The van der Waals surface area contributed by atoms with Gasteiger partial charge < -0.3 is 20.1 Å². The third-order valence-corrected chi connectivity index (χ3v) is 3.56. The highest BCUT2D eigenvalue weighted by Crippen LogP contribution is 2.29. The summed E-state index contributed by atoms with van der Waals surface area (Å²) in [5, 5.41) is 29.8. The van der Waals surface area contributed by atoms with Gasteiger partial charge in [-0.1, -0.05) is 24.3 Å². The molecule has 0 saturated carbocycles. The first-order valence-electron chi connectivity index (χ1n) is 6.57. The minimum Gasteiger partial charge on any atom is -0.506 e. The van der Waals surface area contributed by atoms with E-state index in [1.54, 1.807) is 18.2 Å². The lowest BCUT2D eigenvalue weighted by molar-refractivity contribution is -0.139. The highest BCUT2D eigenvalue weighted by molar-refractivity contribution is 6.10. The summed E-state index contributed by atoms with van der Waals surface area (Å²) in [6.07, 6.45) is 2.41. The molecule has 22 heavy (non-hydrogen) atoms. The lowest BCUT2D eigenvalue weighted by Gasteiger charge is -2.18. The smallest absolute Gasteiger partial charge is 0.304 e. The molecule has 6 nitrogen and oxygen atoms in total. The maximum absolute atomic E-state index is 12.5. The molecule has 1 unspecified atom stereocenters. The zero-order valence-electron chi connectivity index (χ0n) is 11.3. The molecule has 1 atom stereocenters. The average molecular weight is 300 g/mol. The molecule has 0 aromatic heterocycles. The molecular formula is C16H12O6. The number of Topliss-reactive ketones (excluding diaryl/α,β-unsaturated/α-hetero) is 1. The molecule has 1 aromatic rings. The fraction of sp³-hybridized carbons (Fsp3) is 0.125. The van der Waals surface area contributed by atoms with Gasteiger partial charge in [-0.15, -0.1) is 0 Å². The van der Waals surface area contributed by atoms with Crippen LogP contribution in [0.1, 0.15) is 6.42 Å². The third-order valence-electron chi connectivity index (χ3n) is 3.56. The van der Waals surface area contributed by atoms with E-state index in [9.17, 15) is 19.8 Å². The van der Waals surface area contributed by atoms with Gasteiger partial charge in [0.25, 0.3) is 5.95 Å². The number of allylic oxidation sites excluding steroid dienone is 2. The first kappa shape index (κ1) is 13.9. The van der Waals surface area contributed by atoms with Crippen LogP contribution in [0.5, 0.6) is 0 Å². The van der Waals surface area contributed by atoms with Crippen LogP contribution in [0.3, 0.4) is 0 Å². The number of rotatable bonds is 2. The van der Waals surface area contributed by atoms with Crippen molar-refractivity contribution in [2.45, 2.75) is 6.42 Å². The van der Waals surface area contributed by atoms with Crippen molar-refractivity contribution >= 4 is 23.5 Å². The molecule has 0 radical (unpaired) electrons. The van der Waals surface area contributed by atoms with Gasteiger partial charge in [-0.3, -0.25) is 9.59 Å². The van der Waals surface area contributed by atoms with Crippen LogP contribution < -0.4 is 10.4 Å². The Labute approximate surface area is 124 Å². The molecule has 1 aromatic carbocycles. The van der Waals surface area contributed by atoms with Crippen LogP contribution >= 0.6 is 0 Å². The van der Waals surface area contributed by atoms with Crippen LogP contribution in [0.25, 0.3) is 11.7 Å². The Morgan fingerprint density at radius 2 is 1.86 bits per heavy atom.